The molecule has 0 amide bonds. The van der Waals surface area contributed by atoms with E-state index in [9.17, 15) is 8.42 Å². The molecule has 7 heteroatoms. The highest BCUT2D eigenvalue weighted by atomic mass is 79.9. The number of aliphatic hydroxyl groups is 1. The van der Waals surface area contributed by atoms with Gasteiger partial charge in [-0.2, -0.15) is 0 Å². The fourth-order valence-corrected chi connectivity index (χ4v) is 4.39. The normalized spacial score (nSPS) is 11.4. The molecule has 0 saturated heterocycles. The number of nitrogens with one attached hydrogen (secondary N) is 1. The van der Waals surface area contributed by atoms with Gasteiger partial charge in [-0.1, -0.05) is 12.1 Å². The molecule has 0 aliphatic carbocycles. The molecule has 2 N–H and O–H groups in total. The Hall–Kier alpha value is -1.02. The number of hydrogen-bond acceptors (Lipinski definition) is 4. The third-order valence-electron chi connectivity index (χ3n) is 2.79. The van der Waals surface area contributed by atoms with Crippen molar-refractivity contribution in [2.45, 2.75) is 16.4 Å². The van der Waals surface area contributed by atoms with E-state index in [0.29, 0.717) is 15.7 Å². The van der Waals surface area contributed by atoms with Crippen LogP contribution in [0.2, 0.25) is 0 Å². The Morgan fingerprint density at radius 2 is 2.00 bits per heavy atom. The number of thioether (sulfide) groups is 1. The second-order valence-corrected chi connectivity index (χ2v) is 7.65. The number of aliphatic hydroxyl groups excluding tert-OH is 1. The molecule has 4 nitrogen and oxygen atoms in total. The van der Waals surface area contributed by atoms with E-state index >= 15 is 0 Å². The van der Waals surface area contributed by atoms with Gasteiger partial charge in [0.05, 0.1) is 6.61 Å². The molecule has 0 heterocycles. The maximum absolute atomic E-state index is 12.4. The fourth-order valence-electron chi connectivity index (χ4n) is 1.76. The second kappa shape index (κ2) is 6.83. The van der Waals surface area contributed by atoms with Crippen LogP contribution in [0.4, 0.5) is 5.69 Å². The van der Waals surface area contributed by atoms with Crippen LogP contribution in [-0.2, 0) is 16.6 Å². The highest BCUT2D eigenvalue weighted by Crippen LogP contribution is 2.26. The van der Waals surface area contributed by atoms with Crippen molar-refractivity contribution < 1.29 is 13.5 Å². The summed E-state index contributed by atoms with van der Waals surface area (Å²) in [5, 5.41) is 9.06. The predicted molar refractivity (Wildman–Crippen MR) is 89.1 cm³/mol. The van der Waals surface area contributed by atoms with E-state index in [1.807, 2.05) is 12.3 Å². The molecule has 0 bridgehead atoms. The quantitative estimate of drug-likeness (QED) is 0.770. The van der Waals surface area contributed by atoms with E-state index in [1.54, 1.807) is 42.1 Å². The van der Waals surface area contributed by atoms with Crippen molar-refractivity contribution in [1.82, 2.24) is 0 Å². The number of anilines is 1. The molecule has 0 atom stereocenters. The Bertz CT molecular complexity index is 748. The fraction of sp³-hybridized carbons (Fsp3) is 0.143. The number of rotatable bonds is 5. The van der Waals surface area contributed by atoms with Crippen LogP contribution in [0.5, 0.6) is 0 Å². The highest BCUT2D eigenvalue weighted by molar-refractivity contribution is 9.10. The zero-order chi connectivity index (χ0) is 15.5. The van der Waals surface area contributed by atoms with E-state index in [1.165, 1.54) is 6.07 Å². The van der Waals surface area contributed by atoms with Crippen LogP contribution < -0.4 is 4.72 Å². The molecule has 0 radical (unpaired) electrons. The molecule has 0 aromatic heterocycles. The second-order valence-electron chi connectivity index (χ2n) is 4.26. The van der Waals surface area contributed by atoms with Crippen LogP contribution in [0.1, 0.15) is 5.56 Å². The molecule has 0 unspecified atom stereocenters. The molecule has 2 rings (SSSR count). The van der Waals surface area contributed by atoms with Gasteiger partial charge in [0, 0.05) is 15.1 Å². The predicted octanol–water partition coefficient (Wildman–Crippen LogP) is 3.46. The Balaban J connectivity index is 2.33. The average molecular weight is 388 g/mol. The summed E-state index contributed by atoms with van der Waals surface area (Å²) >= 11 is 4.77. The van der Waals surface area contributed by atoms with Gasteiger partial charge in [0.25, 0.3) is 10.0 Å². The first-order chi connectivity index (χ1) is 9.96. The van der Waals surface area contributed by atoms with E-state index in [2.05, 4.69) is 20.7 Å². The van der Waals surface area contributed by atoms with Gasteiger partial charge in [0.2, 0.25) is 0 Å². The molecule has 0 aliphatic heterocycles. The van der Waals surface area contributed by atoms with Gasteiger partial charge in [-0.05, 0) is 58.1 Å². The van der Waals surface area contributed by atoms with Crippen molar-refractivity contribution in [1.29, 1.82) is 0 Å². The number of hydrogen-bond donors (Lipinski definition) is 2. The Morgan fingerprint density at radius 3 is 2.62 bits per heavy atom. The molecule has 0 aliphatic rings. The lowest BCUT2D eigenvalue weighted by atomic mass is 10.2. The lowest BCUT2D eigenvalue weighted by Crippen LogP contribution is -2.13. The third-order valence-corrected chi connectivity index (χ3v) is 5.87. The van der Waals surface area contributed by atoms with E-state index in [4.69, 9.17) is 5.11 Å². The number of halogens is 1. The van der Waals surface area contributed by atoms with Crippen LogP contribution in [0.3, 0.4) is 0 Å². The van der Waals surface area contributed by atoms with Crippen LogP contribution >= 0.6 is 27.7 Å². The topological polar surface area (TPSA) is 66.4 Å². The van der Waals surface area contributed by atoms with Crippen molar-refractivity contribution in [2.75, 3.05) is 11.0 Å². The maximum Gasteiger partial charge on any atom is 0.263 e. The minimum absolute atomic E-state index is 0.134. The molecule has 0 saturated carbocycles. The summed E-state index contributed by atoms with van der Waals surface area (Å²) < 4.78 is 27.8. The summed E-state index contributed by atoms with van der Waals surface area (Å²) in [7, 11) is -3.68. The summed E-state index contributed by atoms with van der Waals surface area (Å²) in [5.41, 5.74) is 1.16. The van der Waals surface area contributed by atoms with Crippen molar-refractivity contribution in [3.63, 3.8) is 0 Å². The highest BCUT2D eigenvalue weighted by Gasteiger charge is 2.18. The summed E-state index contributed by atoms with van der Waals surface area (Å²) in [5.74, 6) is 0. The molecule has 0 spiro atoms. The van der Waals surface area contributed by atoms with Gasteiger partial charge in [0.15, 0.2) is 0 Å². The first-order valence-corrected chi connectivity index (χ1v) is 9.52. The molecule has 0 fully saturated rings. The minimum atomic E-state index is -3.68. The van der Waals surface area contributed by atoms with Crippen molar-refractivity contribution in [3.05, 3.63) is 52.5 Å². The lowest BCUT2D eigenvalue weighted by molar-refractivity contribution is 0.281. The molecule has 21 heavy (non-hydrogen) atoms. The summed E-state index contributed by atoms with van der Waals surface area (Å²) in [6.07, 6.45) is 1.93. The van der Waals surface area contributed by atoms with Crippen molar-refractivity contribution >= 4 is 43.4 Å². The largest absolute Gasteiger partial charge is 0.392 e. The van der Waals surface area contributed by atoms with Crippen molar-refractivity contribution in [3.8, 4) is 0 Å². The Labute approximate surface area is 136 Å². The number of sulfonamides is 1. The summed E-state index contributed by atoms with van der Waals surface area (Å²) in [6, 6.07) is 11.8. The molecule has 2 aromatic rings. The molecular formula is C14H14BrNO3S2. The Kier molecular flexibility index (Phi) is 5.32. The molecule has 112 valence electrons. The van der Waals surface area contributed by atoms with Gasteiger partial charge in [0.1, 0.15) is 4.90 Å². The van der Waals surface area contributed by atoms with Crippen LogP contribution in [-0.4, -0.2) is 19.8 Å². The van der Waals surface area contributed by atoms with Gasteiger partial charge in [-0.15, -0.1) is 11.8 Å². The monoisotopic (exact) mass is 387 g/mol. The van der Waals surface area contributed by atoms with Crippen molar-refractivity contribution in [2.24, 2.45) is 0 Å². The van der Waals surface area contributed by atoms with Gasteiger partial charge >= 0.3 is 0 Å². The third kappa shape index (κ3) is 4.00. The molecular weight excluding hydrogens is 374 g/mol. The first kappa shape index (κ1) is 16.4. The number of benzene rings is 2. The van der Waals surface area contributed by atoms with Gasteiger partial charge < -0.3 is 5.11 Å². The smallest absolute Gasteiger partial charge is 0.263 e. The zero-order valence-electron chi connectivity index (χ0n) is 11.2. The van der Waals surface area contributed by atoms with Crippen LogP contribution in [0.15, 0.2) is 56.7 Å². The molecule has 2 aromatic carbocycles. The minimum Gasteiger partial charge on any atom is -0.392 e. The van der Waals surface area contributed by atoms with Gasteiger partial charge in [-0.3, -0.25) is 4.72 Å². The lowest BCUT2D eigenvalue weighted by Gasteiger charge is -2.11. The summed E-state index contributed by atoms with van der Waals surface area (Å²) in [6.45, 7) is -0.137. The maximum atomic E-state index is 12.4. The Morgan fingerprint density at radius 1 is 1.24 bits per heavy atom. The van der Waals surface area contributed by atoms with E-state index in [0.717, 1.165) is 4.90 Å². The first-order valence-electron chi connectivity index (χ1n) is 6.02. The van der Waals surface area contributed by atoms with Crippen LogP contribution in [0, 0.1) is 0 Å². The average Bonchev–Trinajstić information content (AvgIpc) is 2.46. The van der Waals surface area contributed by atoms with Crippen LogP contribution in [0.25, 0.3) is 0 Å². The SMILES string of the molecule is CSc1cccc(NS(=O)(=O)c2ccc(CO)cc2Br)c1. The summed E-state index contributed by atoms with van der Waals surface area (Å²) in [4.78, 5) is 1.11. The standard InChI is InChI=1S/C14H14BrNO3S2/c1-20-12-4-2-3-11(8-12)16-21(18,19)14-6-5-10(9-17)7-13(14)15/h2-8,16-17H,9H2,1H3. The van der Waals surface area contributed by atoms with Gasteiger partial charge in [-0.25, -0.2) is 8.42 Å². The van der Waals surface area contributed by atoms with E-state index in [-0.39, 0.29) is 11.5 Å². The van der Waals surface area contributed by atoms with E-state index < -0.39 is 10.0 Å². The zero-order valence-corrected chi connectivity index (χ0v) is 14.4.